The number of nitrogens with zero attached hydrogens (tertiary/aromatic N) is 1. The highest BCUT2D eigenvalue weighted by molar-refractivity contribution is 5.64. The first kappa shape index (κ1) is 15.7. The lowest BCUT2D eigenvalue weighted by molar-refractivity contribution is 0.355. The molecule has 24 heavy (non-hydrogen) atoms. The summed E-state index contributed by atoms with van der Waals surface area (Å²) in [5.74, 6) is 1.98. The highest BCUT2D eigenvalue weighted by Gasteiger charge is 2.10. The third-order valence-electron chi connectivity index (χ3n) is 3.75. The first-order chi connectivity index (χ1) is 11.7. The van der Waals surface area contributed by atoms with Gasteiger partial charge < -0.3 is 14.2 Å². The van der Waals surface area contributed by atoms with E-state index in [0.717, 1.165) is 17.0 Å². The topological polar surface area (TPSA) is 65.5 Å². The molecule has 0 radical (unpaired) electrons. The summed E-state index contributed by atoms with van der Waals surface area (Å²) in [6, 6.07) is 14.3. The molecule has 0 saturated heterocycles. The summed E-state index contributed by atoms with van der Waals surface area (Å²) in [4.78, 5) is 12.3. The molecule has 0 unspecified atom stereocenters. The molecule has 0 aliphatic heterocycles. The van der Waals surface area contributed by atoms with E-state index >= 15 is 0 Å². The first-order valence-corrected chi connectivity index (χ1v) is 7.35. The van der Waals surface area contributed by atoms with Crippen LogP contribution in [0.5, 0.6) is 17.2 Å². The Bertz CT molecular complexity index is 894. The Balaban J connectivity index is 2.00. The Morgan fingerprint density at radius 1 is 0.833 bits per heavy atom. The van der Waals surface area contributed by atoms with Crippen molar-refractivity contribution in [2.45, 2.75) is 0 Å². The standard InChI is InChI=1S/C18H18N2O4/c1-22-14-7-5-13(6-8-14)20-18(21)11-15(19-20)12-4-9-16(23-2)17(10-12)24-3/h4-11,19H,1-3H3. The first-order valence-electron chi connectivity index (χ1n) is 7.35. The van der Waals surface area contributed by atoms with E-state index in [4.69, 9.17) is 14.2 Å². The summed E-state index contributed by atoms with van der Waals surface area (Å²) in [7, 11) is 4.76. The lowest BCUT2D eigenvalue weighted by atomic mass is 10.1. The minimum atomic E-state index is -0.148. The van der Waals surface area contributed by atoms with Gasteiger partial charge in [0, 0.05) is 11.6 Å². The van der Waals surface area contributed by atoms with Crippen molar-refractivity contribution in [3.63, 3.8) is 0 Å². The molecule has 1 heterocycles. The molecule has 0 aliphatic rings. The highest BCUT2D eigenvalue weighted by Crippen LogP contribution is 2.31. The number of nitrogens with one attached hydrogen (secondary N) is 1. The number of hydrogen-bond acceptors (Lipinski definition) is 4. The highest BCUT2D eigenvalue weighted by atomic mass is 16.5. The zero-order valence-electron chi connectivity index (χ0n) is 13.7. The van der Waals surface area contributed by atoms with Gasteiger partial charge in [-0.2, -0.15) is 0 Å². The van der Waals surface area contributed by atoms with Crippen LogP contribution in [-0.4, -0.2) is 31.1 Å². The molecule has 2 aromatic carbocycles. The van der Waals surface area contributed by atoms with Gasteiger partial charge in [0.2, 0.25) is 0 Å². The number of aromatic nitrogens is 2. The van der Waals surface area contributed by atoms with Crippen LogP contribution in [0, 0.1) is 0 Å². The van der Waals surface area contributed by atoms with Crippen molar-refractivity contribution in [2.24, 2.45) is 0 Å². The molecular formula is C18H18N2O4. The summed E-state index contributed by atoms with van der Waals surface area (Å²) >= 11 is 0. The summed E-state index contributed by atoms with van der Waals surface area (Å²) in [5, 5.41) is 3.11. The minimum absolute atomic E-state index is 0.148. The maximum atomic E-state index is 12.3. The summed E-state index contributed by atoms with van der Waals surface area (Å²) in [6.45, 7) is 0. The smallest absolute Gasteiger partial charge is 0.271 e. The Morgan fingerprint density at radius 2 is 1.54 bits per heavy atom. The molecule has 3 rings (SSSR count). The maximum Gasteiger partial charge on any atom is 0.271 e. The van der Waals surface area contributed by atoms with Crippen molar-refractivity contribution >= 4 is 0 Å². The van der Waals surface area contributed by atoms with Crippen LogP contribution >= 0.6 is 0 Å². The van der Waals surface area contributed by atoms with Crippen molar-refractivity contribution in [3.05, 3.63) is 58.9 Å². The van der Waals surface area contributed by atoms with Crippen LogP contribution in [0.2, 0.25) is 0 Å². The van der Waals surface area contributed by atoms with E-state index < -0.39 is 0 Å². The average Bonchev–Trinajstić information content (AvgIpc) is 3.03. The Labute approximate surface area is 139 Å². The van der Waals surface area contributed by atoms with Gasteiger partial charge in [0.25, 0.3) is 5.56 Å². The van der Waals surface area contributed by atoms with Crippen LogP contribution < -0.4 is 19.8 Å². The molecule has 3 aromatic rings. The molecule has 0 saturated carbocycles. The van der Waals surface area contributed by atoms with Crippen molar-refractivity contribution in [1.82, 2.24) is 9.78 Å². The molecule has 1 N–H and O–H groups in total. The van der Waals surface area contributed by atoms with Gasteiger partial charge in [0.15, 0.2) is 11.5 Å². The molecule has 6 heteroatoms. The van der Waals surface area contributed by atoms with Gasteiger partial charge >= 0.3 is 0 Å². The zero-order chi connectivity index (χ0) is 17.1. The van der Waals surface area contributed by atoms with E-state index in [9.17, 15) is 4.79 Å². The Kier molecular flexibility index (Phi) is 4.29. The largest absolute Gasteiger partial charge is 0.497 e. The monoisotopic (exact) mass is 326 g/mol. The number of hydrogen-bond donors (Lipinski definition) is 1. The number of ether oxygens (including phenoxy) is 3. The van der Waals surface area contributed by atoms with Crippen LogP contribution in [0.1, 0.15) is 0 Å². The number of rotatable bonds is 5. The number of H-pyrrole nitrogens is 1. The fraction of sp³-hybridized carbons (Fsp3) is 0.167. The predicted octanol–water partition coefficient (Wildman–Crippen LogP) is 2.86. The molecule has 0 fully saturated rings. The third kappa shape index (κ3) is 2.86. The quantitative estimate of drug-likeness (QED) is 0.783. The Morgan fingerprint density at radius 3 is 2.17 bits per heavy atom. The van der Waals surface area contributed by atoms with Gasteiger partial charge in [0.05, 0.1) is 32.7 Å². The molecule has 6 nitrogen and oxygen atoms in total. The van der Waals surface area contributed by atoms with E-state index in [2.05, 4.69) is 5.10 Å². The van der Waals surface area contributed by atoms with E-state index in [0.29, 0.717) is 17.2 Å². The van der Waals surface area contributed by atoms with Crippen LogP contribution in [0.15, 0.2) is 53.3 Å². The van der Waals surface area contributed by atoms with Gasteiger partial charge in [-0.1, -0.05) is 0 Å². The zero-order valence-corrected chi connectivity index (χ0v) is 13.7. The summed E-state index contributed by atoms with van der Waals surface area (Å²) in [5.41, 5.74) is 2.10. The van der Waals surface area contributed by atoms with E-state index in [1.165, 1.54) is 4.68 Å². The maximum absolute atomic E-state index is 12.3. The van der Waals surface area contributed by atoms with E-state index in [1.807, 2.05) is 24.3 Å². The predicted molar refractivity (Wildman–Crippen MR) is 91.5 cm³/mol. The molecule has 0 spiro atoms. The van der Waals surface area contributed by atoms with Crippen LogP contribution in [0.4, 0.5) is 0 Å². The van der Waals surface area contributed by atoms with Crippen molar-refractivity contribution in [3.8, 4) is 34.2 Å². The van der Waals surface area contributed by atoms with E-state index in [-0.39, 0.29) is 5.56 Å². The summed E-state index contributed by atoms with van der Waals surface area (Å²) < 4.78 is 17.2. The molecule has 1 aromatic heterocycles. The van der Waals surface area contributed by atoms with Gasteiger partial charge in [0.1, 0.15) is 5.75 Å². The SMILES string of the molecule is COc1ccc(-n2[nH]c(-c3ccc(OC)c(OC)c3)cc2=O)cc1. The number of methoxy groups -OCH3 is 3. The van der Waals surface area contributed by atoms with Crippen LogP contribution in [0.25, 0.3) is 16.9 Å². The van der Waals surface area contributed by atoms with Crippen molar-refractivity contribution in [1.29, 1.82) is 0 Å². The third-order valence-corrected chi connectivity index (χ3v) is 3.75. The van der Waals surface area contributed by atoms with Gasteiger partial charge in [-0.15, -0.1) is 0 Å². The van der Waals surface area contributed by atoms with Crippen LogP contribution in [-0.2, 0) is 0 Å². The molecule has 0 amide bonds. The van der Waals surface area contributed by atoms with E-state index in [1.54, 1.807) is 45.6 Å². The normalized spacial score (nSPS) is 10.5. The minimum Gasteiger partial charge on any atom is -0.497 e. The van der Waals surface area contributed by atoms with Gasteiger partial charge in [-0.25, -0.2) is 4.68 Å². The molecule has 0 atom stereocenters. The fourth-order valence-corrected chi connectivity index (χ4v) is 2.47. The van der Waals surface area contributed by atoms with Crippen molar-refractivity contribution in [2.75, 3.05) is 21.3 Å². The number of aromatic amines is 1. The van der Waals surface area contributed by atoms with Crippen LogP contribution in [0.3, 0.4) is 0 Å². The lowest BCUT2D eigenvalue weighted by Crippen LogP contribution is -2.13. The average molecular weight is 326 g/mol. The number of benzene rings is 2. The van der Waals surface area contributed by atoms with Crippen molar-refractivity contribution < 1.29 is 14.2 Å². The molecular weight excluding hydrogens is 308 g/mol. The second-order valence-corrected chi connectivity index (χ2v) is 5.11. The summed E-state index contributed by atoms with van der Waals surface area (Å²) in [6.07, 6.45) is 0. The second-order valence-electron chi connectivity index (χ2n) is 5.11. The van der Waals surface area contributed by atoms with Gasteiger partial charge in [-0.3, -0.25) is 9.89 Å². The fourth-order valence-electron chi connectivity index (χ4n) is 2.47. The molecule has 124 valence electrons. The second kappa shape index (κ2) is 6.54. The van der Waals surface area contributed by atoms with Gasteiger partial charge in [-0.05, 0) is 42.5 Å². The Hall–Kier alpha value is -3.15. The lowest BCUT2D eigenvalue weighted by Gasteiger charge is -2.09. The molecule has 0 aliphatic carbocycles. The molecule has 0 bridgehead atoms.